The Kier molecular flexibility index (Phi) is 8.17. The zero-order chi connectivity index (χ0) is 40.3. The maximum atomic E-state index is 6.67. The van der Waals surface area contributed by atoms with Crippen molar-refractivity contribution >= 4 is 54.3 Å². The topological polar surface area (TPSA) is 38.9 Å². The zero-order valence-electron chi connectivity index (χ0n) is 33.1. The SMILES string of the molecule is c1ccc(-c2cc(-c3ccc4cc(-c5ccc6cc(-c7cccc8oc9c%10ccccc%10c(-c%10ccccc%10)cc9c78)ccc6c5)ccc4c3)nc(-c3ccccc3)n2)cc1. The van der Waals surface area contributed by atoms with Crippen LogP contribution in [0.5, 0.6) is 0 Å². The van der Waals surface area contributed by atoms with Gasteiger partial charge in [-0.15, -0.1) is 0 Å². The molecule has 284 valence electrons. The molecule has 0 amide bonds. The summed E-state index contributed by atoms with van der Waals surface area (Å²) in [6.07, 6.45) is 0. The van der Waals surface area contributed by atoms with E-state index in [1.54, 1.807) is 0 Å². The lowest BCUT2D eigenvalue weighted by atomic mass is 9.92. The van der Waals surface area contributed by atoms with Crippen LogP contribution in [0.4, 0.5) is 0 Å². The lowest BCUT2D eigenvalue weighted by molar-refractivity contribution is 0.673. The van der Waals surface area contributed by atoms with Crippen LogP contribution in [0, 0.1) is 0 Å². The lowest BCUT2D eigenvalue weighted by Crippen LogP contribution is -1.95. The van der Waals surface area contributed by atoms with Crippen LogP contribution in [0.2, 0.25) is 0 Å². The highest BCUT2D eigenvalue weighted by molar-refractivity contribution is 6.22. The first-order chi connectivity index (χ1) is 30.2. The van der Waals surface area contributed by atoms with Gasteiger partial charge in [0.15, 0.2) is 5.82 Å². The first-order valence-corrected chi connectivity index (χ1v) is 20.7. The third kappa shape index (κ3) is 6.14. The zero-order valence-corrected chi connectivity index (χ0v) is 33.1. The second-order valence-electron chi connectivity index (χ2n) is 15.7. The van der Waals surface area contributed by atoms with Crippen LogP contribution in [0.3, 0.4) is 0 Å². The predicted octanol–water partition coefficient (Wildman–Crippen LogP) is 15.8. The Bertz CT molecular complexity index is 3570. The second-order valence-corrected chi connectivity index (χ2v) is 15.7. The van der Waals surface area contributed by atoms with Gasteiger partial charge in [0.1, 0.15) is 11.2 Å². The molecule has 0 spiro atoms. The van der Waals surface area contributed by atoms with Gasteiger partial charge in [-0.2, -0.15) is 0 Å². The van der Waals surface area contributed by atoms with Gasteiger partial charge in [0.05, 0.1) is 11.4 Å². The van der Waals surface area contributed by atoms with Gasteiger partial charge in [-0.3, -0.25) is 0 Å². The molecular weight excluding hydrogens is 741 g/mol. The van der Waals surface area contributed by atoms with Crippen molar-refractivity contribution in [1.29, 1.82) is 0 Å². The molecule has 0 aliphatic heterocycles. The molecule has 0 atom stereocenters. The Hall–Kier alpha value is -8.14. The van der Waals surface area contributed by atoms with Gasteiger partial charge in [-0.25, -0.2) is 9.97 Å². The third-order valence-electron chi connectivity index (χ3n) is 12.0. The number of nitrogens with zero attached hydrogens (tertiary/aromatic N) is 2. The van der Waals surface area contributed by atoms with Crippen LogP contribution in [0.15, 0.2) is 223 Å². The first kappa shape index (κ1) is 34.9. The van der Waals surface area contributed by atoms with E-state index >= 15 is 0 Å². The summed E-state index contributed by atoms with van der Waals surface area (Å²) in [6, 6.07) is 77.6. The predicted molar refractivity (Wildman–Crippen MR) is 254 cm³/mol. The van der Waals surface area contributed by atoms with E-state index in [9.17, 15) is 0 Å². The molecule has 3 heteroatoms. The molecule has 0 fully saturated rings. The molecule has 0 bridgehead atoms. The fourth-order valence-electron chi connectivity index (χ4n) is 8.99. The lowest BCUT2D eigenvalue weighted by Gasteiger charge is -2.11. The second kappa shape index (κ2) is 14.3. The smallest absolute Gasteiger partial charge is 0.160 e. The van der Waals surface area contributed by atoms with E-state index in [4.69, 9.17) is 14.4 Å². The van der Waals surface area contributed by atoms with Gasteiger partial charge < -0.3 is 4.42 Å². The number of fused-ring (bicyclic) bond motifs is 7. The summed E-state index contributed by atoms with van der Waals surface area (Å²) in [5.41, 5.74) is 13.9. The molecule has 0 unspecified atom stereocenters. The quantitative estimate of drug-likeness (QED) is 0.169. The van der Waals surface area contributed by atoms with Gasteiger partial charge in [0.25, 0.3) is 0 Å². The minimum atomic E-state index is 0.717. The van der Waals surface area contributed by atoms with Crippen molar-refractivity contribution in [2.24, 2.45) is 0 Å². The van der Waals surface area contributed by atoms with E-state index in [0.29, 0.717) is 5.82 Å². The average molecular weight is 777 g/mol. The third-order valence-corrected chi connectivity index (χ3v) is 12.0. The van der Waals surface area contributed by atoms with Crippen LogP contribution in [-0.4, -0.2) is 9.97 Å². The van der Waals surface area contributed by atoms with Crippen molar-refractivity contribution in [3.63, 3.8) is 0 Å². The minimum Gasteiger partial charge on any atom is -0.455 e. The van der Waals surface area contributed by atoms with Crippen LogP contribution >= 0.6 is 0 Å². The van der Waals surface area contributed by atoms with Crippen molar-refractivity contribution in [1.82, 2.24) is 9.97 Å². The van der Waals surface area contributed by atoms with Gasteiger partial charge in [0.2, 0.25) is 0 Å². The summed E-state index contributed by atoms with van der Waals surface area (Å²) in [5, 5.41) is 9.33. The van der Waals surface area contributed by atoms with E-state index in [-0.39, 0.29) is 0 Å². The van der Waals surface area contributed by atoms with Crippen molar-refractivity contribution in [2.45, 2.75) is 0 Å². The van der Waals surface area contributed by atoms with Gasteiger partial charge in [-0.05, 0) is 103 Å². The van der Waals surface area contributed by atoms with Crippen LogP contribution in [0.25, 0.3) is 122 Å². The molecule has 10 aromatic carbocycles. The Morgan fingerprint density at radius 1 is 0.295 bits per heavy atom. The number of hydrogen-bond donors (Lipinski definition) is 0. The highest BCUT2D eigenvalue weighted by atomic mass is 16.3. The van der Waals surface area contributed by atoms with Crippen molar-refractivity contribution in [2.75, 3.05) is 0 Å². The molecule has 0 radical (unpaired) electrons. The summed E-state index contributed by atoms with van der Waals surface area (Å²) in [6.45, 7) is 0. The van der Waals surface area contributed by atoms with Crippen molar-refractivity contribution < 1.29 is 4.42 Å². The van der Waals surface area contributed by atoms with E-state index in [2.05, 4.69) is 182 Å². The number of hydrogen-bond acceptors (Lipinski definition) is 3. The molecule has 0 aliphatic rings. The van der Waals surface area contributed by atoms with E-state index in [1.807, 2.05) is 36.4 Å². The molecule has 61 heavy (non-hydrogen) atoms. The minimum absolute atomic E-state index is 0.717. The molecule has 0 saturated heterocycles. The van der Waals surface area contributed by atoms with Crippen LogP contribution in [-0.2, 0) is 0 Å². The summed E-state index contributed by atoms with van der Waals surface area (Å²) < 4.78 is 6.67. The highest BCUT2D eigenvalue weighted by Crippen LogP contribution is 2.43. The maximum absolute atomic E-state index is 6.67. The molecule has 0 aliphatic carbocycles. The van der Waals surface area contributed by atoms with Gasteiger partial charge in [0, 0.05) is 32.8 Å². The fourth-order valence-corrected chi connectivity index (χ4v) is 8.99. The van der Waals surface area contributed by atoms with Crippen LogP contribution < -0.4 is 0 Å². The fraction of sp³-hybridized carbons (Fsp3) is 0. The van der Waals surface area contributed by atoms with Crippen LogP contribution in [0.1, 0.15) is 0 Å². The number of benzene rings is 10. The Balaban J connectivity index is 0.896. The number of aromatic nitrogens is 2. The molecule has 2 heterocycles. The first-order valence-electron chi connectivity index (χ1n) is 20.7. The summed E-state index contributed by atoms with van der Waals surface area (Å²) in [7, 11) is 0. The molecule has 2 aromatic heterocycles. The Labute approximate surface area is 352 Å². The molecule has 3 nitrogen and oxygen atoms in total. The monoisotopic (exact) mass is 776 g/mol. The number of rotatable bonds is 6. The standard InChI is InChI=1S/C58H36N2O/c1-4-13-37(14-5-1)51-35-52-56-48(21-12-22-55(56)61-57(52)50-20-11-10-19-49(50)51)46-29-27-42-31-40(23-25-44(42)33-46)41-24-26-45-34-47(30-28-43(45)32-41)54-36-53(38-15-6-2-7-16-38)59-58(60-54)39-17-8-3-9-18-39/h1-36H. The van der Waals surface area contributed by atoms with E-state index in [0.717, 1.165) is 60.8 Å². The molecule has 12 rings (SSSR count). The summed E-state index contributed by atoms with van der Waals surface area (Å²) in [5.74, 6) is 0.717. The van der Waals surface area contributed by atoms with Crippen molar-refractivity contribution in [3.05, 3.63) is 218 Å². The van der Waals surface area contributed by atoms with E-state index in [1.165, 1.54) is 54.9 Å². The molecule has 12 aromatic rings. The highest BCUT2D eigenvalue weighted by Gasteiger charge is 2.18. The average Bonchev–Trinajstić information content (AvgIpc) is 3.73. The molecule has 0 saturated carbocycles. The number of furan rings is 1. The summed E-state index contributed by atoms with van der Waals surface area (Å²) in [4.78, 5) is 10.0. The molecule has 0 N–H and O–H groups in total. The van der Waals surface area contributed by atoms with Gasteiger partial charge >= 0.3 is 0 Å². The van der Waals surface area contributed by atoms with E-state index < -0.39 is 0 Å². The van der Waals surface area contributed by atoms with Gasteiger partial charge in [-0.1, -0.05) is 176 Å². The Morgan fingerprint density at radius 2 is 0.803 bits per heavy atom. The maximum Gasteiger partial charge on any atom is 0.160 e. The summed E-state index contributed by atoms with van der Waals surface area (Å²) >= 11 is 0. The van der Waals surface area contributed by atoms with Crippen molar-refractivity contribution in [3.8, 4) is 67.3 Å². The largest absolute Gasteiger partial charge is 0.455 e. The normalized spacial score (nSPS) is 11.6. The molecular formula is C58H36N2O. The Morgan fingerprint density at radius 3 is 1.46 bits per heavy atom.